The summed E-state index contributed by atoms with van der Waals surface area (Å²) < 4.78 is 4.90. The van der Waals surface area contributed by atoms with Gasteiger partial charge in [-0.05, 0) is 30.7 Å². The van der Waals surface area contributed by atoms with Crippen LogP contribution in [0.25, 0.3) is 0 Å². The molecule has 0 fully saturated rings. The van der Waals surface area contributed by atoms with E-state index in [1.807, 2.05) is 18.2 Å². The van der Waals surface area contributed by atoms with E-state index in [4.69, 9.17) is 9.83 Å². The van der Waals surface area contributed by atoms with E-state index in [0.717, 1.165) is 11.3 Å². The molecule has 1 heterocycles. The van der Waals surface area contributed by atoms with Crippen molar-refractivity contribution in [1.82, 2.24) is 5.32 Å². The molecular formula is C20H19N3O2. The fourth-order valence-electron chi connectivity index (χ4n) is 2.41. The highest BCUT2D eigenvalue weighted by molar-refractivity contribution is 6.13. The van der Waals surface area contributed by atoms with Gasteiger partial charge in [0.2, 0.25) is 0 Å². The van der Waals surface area contributed by atoms with Gasteiger partial charge < -0.3 is 15.1 Å². The number of aryl methyl sites for hydroxylation is 1. The Kier molecular flexibility index (Phi) is 4.95. The highest BCUT2D eigenvalue weighted by Crippen LogP contribution is 2.17. The summed E-state index contributed by atoms with van der Waals surface area (Å²) in [6.07, 6.45) is 2.78. The summed E-state index contributed by atoms with van der Waals surface area (Å²) in [5.41, 5.74) is 4.17. The van der Waals surface area contributed by atoms with Gasteiger partial charge >= 0.3 is 0 Å². The topological polar surface area (TPSA) is 78.1 Å². The molecule has 0 saturated carbocycles. The Morgan fingerprint density at radius 3 is 2.56 bits per heavy atom. The van der Waals surface area contributed by atoms with Crippen LogP contribution < -0.4 is 10.6 Å². The number of benzene rings is 2. The molecule has 3 rings (SSSR count). The average Bonchev–Trinajstić information content (AvgIpc) is 3.16. The molecular weight excluding hydrogens is 314 g/mol. The number of amidine groups is 1. The number of para-hydroxylation sites is 1. The number of furan rings is 1. The summed E-state index contributed by atoms with van der Waals surface area (Å²) in [5.74, 6) is -0.328. The molecule has 126 valence electrons. The van der Waals surface area contributed by atoms with Crippen molar-refractivity contribution in [3.8, 4) is 0 Å². The van der Waals surface area contributed by atoms with Crippen molar-refractivity contribution in [2.24, 2.45) is 0 Å². The van der Waals surface area contributed by atoms with Crippen LogP contribution in [0.15, 0.2) is 71.5 Å². The van der Waals surface area contributed by atoms with E-state index in [-0.39, 0.29) is 11.7 Å². The number of nitrogens with one attached hydrogen (secondary N) is 3. The van der Waals surface area contributed by atoms with Crippen molar-refractivity contribution in [2.75, 3.05) is 5.32 Å². The fraction of sp³-hybridized carbons (Fsp3) is 0.100. The second-order valence-corrected chi connectivity index (χ2v) is 5.73. The molecule has 0 saturated heterocycles. The maximum absolute atomic E-state index is 12.1. The maximum atomic E-state index is 12.1. The molecule has 0 unspecified atom stereocenters. The van der Waals surface area contributed by atoms with E-state index < -0.39 is 0 Å². The molecule has 2 aromatic carbocycles. The van der Waals surface area contributed by atoms with Gasteiger partial charge in [-0.3, -0.25) is 10.2 Å². The van der Waals surface area contributed by atoms with Crippen LogP contribution >= 0.6 is 0 Å². The monoisotopic (exact) mass is 333 g/mol. The van der Waals surface area contributed by atoms with Gasteiger partial charge in [-0.1, -0.05) is 42.0 Å². The highest BCUT2D eigenvalue weighted by atomic mass is 16.3. The Labute approximate surface area is 146 Å². The highest BCUT2D eigenvalue weighted by Gasteiger charge is 2.13. The first-order chi connectivity index (χ1) is 12.1. The van der Waals surface area contributed by atoms with Gasteiger partial charge in [0.15, 0.2) is 0 Å². The van der Waals surface area contributed by atoms with Crippen molar-refractivity contribution in [2.45, 2.75) is 13.5 Å². The van der Waals surface area contributed by atoms with E-state index in [1.54, 1.807) is 12.1 Å². The van der Waals surface area contributed by atoms with E-state index in [1.165, 1.54) is 18.1 Å². The average molecular weight is 333 g/mol. The van der Waals surface area contributed by atoms with E-state index >= 15 is 0 Å². The molecule has 0 spiro atoms. The smallest absolute Gasteiger partial charge is 0.260 e. The number of rotatable bonds is 5. The molecule has 0 aliphatic heterocycles. The molecule has 0 aliphatic carbocycles. The molecule has 1 aromatic heterocycles. The minimum Gasteiger partial charge on any atom is -0.472 e. The molecule has 0 bridgehead atoms. The largest absolute Gasteiger partial charge is 0.472 e. The first kappa shape index (κ1) is 16.5. The Morgan fingerprint density at radius 1 is 1.08 bits per heavy atom. The number of hydrogen-bond acceptors (Lipinski definition) is 4. The van der Waals surface area contributed by atoms with Crippen LogP contribution in [0.3, 0.4) is 0 Å². The van der Waals surface area contributed by atoms with Crippen LogP contribution in [-0.4, -0.2) is 11.7 Å². The zero-order chi connectivity index (χ0) is 17.6. The van der Waals surface area contributed by atoms with Gasteiger partial charge in [0, 0.05) is 17.8 Å². The van der Waals surface area contributed by atoms with Crippen LogP contribution in [0.4, 0.5) is 5.69 Å². The molecule has 1 amide bonds. The van der Waals surface area contributed by atoms with E-state index in [9.17, 15) is 4.79 Å². The minimum absolute atomic E-state index is 0.0400. The third-order valence-corrected chi connectivity index (χ3v) is 3.82. The Morgan fingerprint density at radius 2 is 1.84 bits per heavy atom. The lowest BCUT2D eigenvalue weighted by atomic mass is 10.1. The number of carbonyl (C=O) groups is 1. The number of amides is 1. The normalized spacial score (nSPS) is 10.3. The van der Waals surface area contributed by atoms with Crippen molar-refractivity contribution >= 4 is 17.4 Å². The molecule has 0 aliphatic rings. The lowest BCUT2D eigenvalue weighted by Crippen LogP contribution is -2.30. The Bertz CT molecular complexity index is 868. The first-order valence-electron chi connectivity index (χ1n) is 7.94. The van der Waals surface area contributed by atoms with Gasteiger partial charge in [0.25, 0.3) is 5.91 Å². The van der Waals surface area contributed by atoms with Gasteiger partial charge in [-0.15, -0.1) is 0 Å². The molecule has 3 aromatic rings. The van der Waals surface area contributed by atoms with Gasteiger partial charge in [0.05, 0.1) is 11.8 Å². The number of hydrogen-bond donors (Lipinski definition) is 3. The third kappa shape index (κ3) is 4.14. The number of anilines is 1. The van der Waals surface area contributed by atoms with Crippen LogP contribution in [0.1, 0.15) is 27.0 Å². The van der Waals surface area contributed by atoms with Crippen LogP contribution in [-0.2, 0) is 6.54 Å². The Hall–Kier alpha value is -3.34. The van der Waals surface area contributed by atoms with Crippen molar-refractivity contribution in [3.05, 3.63) is 89.4 Å². The summed E-state index contributed by atoms with van der Waals surface area (Å²) in [6.45, 7) is 2.69. The first-order valence-corrected chi connectivity index (χ1v) is 7.94. The van der Waals surface area contributed by atoms with E-state index in [2.05, 4.69) is 41.8 Å². The molecule has 0 radical (unpaired) electrons. The number of carbonyl (C=O) groups excluding carboxylic acids is 1. The molecule has 0 atom stereocenters. The summed E-state index contributed by atoms with van der Waals surface area (Å²) in [7, 11) is 0. The SMILES string of the molecule is Cc1ccc(CNc2ccccc2C(=N)NC(=O)c2ccoc2)cc1. The Balaban J connectivity index is 1.70. The van der Waals surface area contributed by atoms with Crippen molar-refractivity contribution in [3.63, 3.8) is 0 Å². The summed E-state index contributed by atoms with van der Waals surface area (Å²) in [6, 6.07) is 17.2. The minimum atomic E-state index is -0.368. The second-order valence-electron chi connectivity index (χ2n) is 5.73. The van der Waals surface area contributed by atoms with E-state index in [0.29, 0.717) is 17.7 Å². The summed E-state index contributed by atoms with van der Waals surface area (Å²) >= 11 is 0. The molecule has 5 nitrogen and oxygen atoms in total. The zero-order valence-electron chi connectivity index (χ0n) is 13.9. The zero-order valence-corrected chi connectivity index (χ0v) is 13.9. The molecule has 25 heavy (non-hydrogen) atoms. The van der Waals surface area contributed by atoms with Gasteiger partial charge in [0.1, 0.15) is 12.1 Å². The quantitative estimate of drug-likeness (QED) is 0.488. The van der Waals surface area contributed by atoms with Gasteiger partial charge in [-0.2, -0.15) is 0 Å². The predicted molar refractivity (Wildman–Crippen MR) is 98.0 cm³/mol. The third-order valence-electron chi connectivity index (χ3n) is 3.82. The fourth-order valence-corrected chi connectivity index (χ4v) is 2.41. The summed E-state index contributed by atoms with van der Waals surface area (Å²) in [5, 5.41) is 14.1. The summed E-state index contributed by atoms with van der Waals surface area (Å²) in [4.78, 5) is 12.1. The van der Waals surface area contributed by atoms with Crippen molar-refractivity contribution < 1.29 is 9.21 Å². The lowest BCUT2D eigenvalue weighted by molar-refractivity contribution is 0.0976. The molecule has 5 heteroatoms. The van der Waals surface area contributed by atoms with Crippen molar-refractivity contribution in [1.29, 1.82) is 5.41 Å². The predicted octanol–water partition coefficient (Wildman–Crippen LogP) is 3.96. The second kappa shape index (κ2) is 7.49. The molecule has 3 N–H and O–H groups in total. The van der Waals surface area contributed by atoms with Crippen LogP contribution in [0, 0.1) is 12.3 Å². The van der Waals surface area contributed by atoms with Gasteiger partial charge in [-0.25, -0.2) is 0 Å². The lowest BCUT2D eigenvalue weighted by Gasteiger charge is -2.13. The van der Waals surface area contributed by atoms with Crippen LogP contribution in [0.2, 0.25) is 0 Å². The standard InChI is InChI=1S/C20H19N3O2/c1-14-6-8-15(9-7-14)12-22-18-5-3-2-4-17(18)19(21)23-20(24)16-10-11-25-13-16/h2-11,13,22H,12H2,1H3,(H2,21,23,24). The maximum Gasteiger partial charge on any atom is 0.260 e. The van der Waals surface area contributed by atoms with Crippen LogP contribution in [0.5, 0.6) is 0 Å².